The Labute approximate surface area is 166 Å². The molecule has 148 valence electrons. The van der Waals surface area contributed by atoms with Gasteiger partial charge in [-0.05, 0) is 48.2 Å². The number of rotatable bonds is 5. The number of pyridine rings is 1. The van der Waals surface area contributed by atoms with Crippen LogP contribution in [0.15, 0.2) is 61.1 Å². The molecule has 0 atom stereocenters. The van der Waals surface area contributed by atoms with Crippen LogP contribution >= 0.6 is 0 Å². The summed E-state index contributed by atoms with van der Waals surface area (Å²) in [5.74, 6) is -3.66. The van der Waals surface area contributed by atoms with Gasteiger partial charge in [-0.3, -0.25) is 4.98 Å². The van der Waals surface area contributed by atoms with Gasteiger partial charge in [0, 0.05) is 48.4 Å². The smallest absolute Gasteiger partial charge is 0.340 e. The number of benzene rings is 2. The summed E-state index contributed by atoms with van der Waals surface area (Å²) < 4.78 is 34.9. The molecule has 2 aromatic heterocycles. The van der Waals surface area contributed by atoms with Crippen LogP contribution < -0.4 is 0 Å². The minimum Gasteiger partial charge on any atom is -0.462 e. The molecule has 0 radical (unpaired) electrons. The molecule has 4 nitrogen and oxygen atoms in total. The zero-order chi connectivity index (χ0) is 20.6. The molecular formula is C23H20F2N2O2. The Hall–Kier alpha value is -3.28. The van der Waals surface area contributed by atoms with Crippen molar-refractivity contribution in [1.82, 2.24) is 9.55 Å². The van der Waals surface area contributed by atoms with Crippen molar-refractivity contribution in [2.45, 2.75) is 26.3 Å². The molecule has 29 heavy (non-hydrogen) atoms. The van der Waals surface area contributed by atoms with E-state index in [9.17, 15) is 13.6 Å². The summed E-state index contributed by atoms with van der Waals surface area (Å²) in [6, 6.07) is 12.4. The van der Waals surface area contributed by atoms with E-state index >= 15 is 0 Å². The zero-order valence-corrected chi connectivity index (χ0v) is 16.2. The summed E-state index contributed by atoms with van der Waals surface area (Å²) in [5.41, 5.74) is 1.56. The average molecular weight is 394 g/mol. The number of hydrogen-bond acceptors (Lipinski definition) is 3. The number of hydrogen-bond donors (Lipinski definition) is 0. The van der Waals surface area contributed by atoms with Gasteiger partial charge in [-0.25, -0.2) is 13.6 Å². The number of ether oxygens (including phenoxy) is 1. The number of aromatic nitrogens is 2. The van der Waals surface area contributed by atoms with Crippen LogP contribution in [-0.4, -0.2) is 22.1 Å². The van der Waals surface area contributed by atoms with Crippen molar-refractivity contribution < 1.29 is 18.3 Å². The number of halogens is 2. The molecule has 0 fully saturated rings. The van der Waals surface area contributed by atoms with Gasteiger partial charge in [0.15, 0.2) is 0 Å². The van der Waals surface area contributed by atoms with Crippen LogP contribution in [0.4, 0.5) is 8.78 Å². The molecule has 0 saturated carbocycles. The van der Waals surface area contributed by atoms with E-state index in [0.29, 0.717) is 17.4 Å². The first kappa shape index (κ1) is 19.1. The fourth-order valence-electron chi connectivity index (χ4n) is 3.53. The minimum absolute atomic E-state index is 0.149. The first-order chi connectivity index (χ1) is 13.9. The quantitative estimate of drug-likeness (QED) is 0.418. The highest BCUT2D eigenvalue weighted by atomic mass is 19.3. The summed E-state index contributed by atoms with van der Waals surface area (Å²) in [6.45, 7) is 3.18. The third-order valence-electron chi connectivity index (χ3n) is 4.92. The van der Waals surface area contributed by atoms with E-state index in [1.165, 1.54) is 12.1 Å². The van der Waals surface area contributed by atoms with E-state index in [1.54, 1.807) is 25.4 Å². The van der Waals surface area contributed by atoms with Gasteiger partial charge in [0.2, 0.25) is 0 Å². The van der Waals surface area contributed by atoms with Crippen LogP contribution in [0.2, 0.25) is 0 Å². The second kappa shape index (κ2) is 7.28. The van der Waals surface area contributed by atoms with E-state index in [1.807, 2.05) is 29.0 Å². The van der Waals surface area contributed by atoms with Crippen molar-refractivity contribution >= 4 is 27.6 Å². The van der Waals surface area contributed by atoms with Gasteiger partial charge in [0.25, 0.3) is 5.92 Å². The summed E-state index contributed by atoms with van der Waals surface area (Å²) >= 11 is 0. The minimum atomic E-state index is -3.05. The first-order valence-corrected chi connectivity index (χ1v) is 9.38. The molecule has 0 saturated heterocycles. The number of fused-ring (bicyclic) bond motifs is 2. The molecule has 0 aliphatic carbocycles. The normalized spacial score (nSPS) is 11.9. The van der Waals surface area contributed by atoms with E-state index in [4.69, 9.17) is 4.74 Å². The number of esters is 1. The molecule has 0 aliphatic heterocycles. The molecule has 0 N–H and O–H groups in total. The Morgan fingerprint density at radius 1 is 1.10 bits per heavy atom. The second-order valence-electron chi connectivity index (χ2n) is 7.07. The predicted molar refractivity (Wildman–Crippen MR) is 108 cm³/mol. The Morgan fingerprint density at radius 2 is 1.93 bits per heavy atom. The van der Waals surface area contributed by atoms with Gasteiger partial charge in [0.1, 0.15) is 0 Å². The van der Waals surface area contributed by atoms with Crippen molar-refractivity contribution in [3.63, 3.8) is 0 Å². The highest BCUT2D eigenvalue weighted by Gasteiger charge is 2.28. The zero-order valence-electron chi connectivity index (χ0n) is 16.2. The van der Waals surface area contributed by atoms with Gasteiger partial charge in [-0.1, -0.05) is 12.1 Å². The lowest BCUT2D eigenvalue weighted by Gasteiger charge is -2.15. The van der Waals surface area contributed by atoms with Crippen LogP contribution in [0.3, 0.4) is 0 Å². The molecule has 0 spiro atoms. The number of nitrogens with zero attached hydrogens (tertiary/aromatic N) is 2. The van der Waals surface area contributed by atoms with E-state index in [-0.39, 0.29) is 17.7 Å². The standard InChI is InChI=1S/C23H20F2N2O2/c1-3-29-22(28)20-12-19(23(2,24)25)11-17-7-9-27(21(17)20)14-15-4-5-18-13-26-8-6-16(18)10-15/h4-13H,3,14H2,1-2H3. The van der Waals surface area contributed by atoms with Gasteiger partial charge >= 0.3 is 5.97 Å². The van der Waals surface area contributed by atoms with Gasteiger partial charge in [0.05, 0.1) is 17.7 Å². The number of carbonyl (C=O) groups excluding carboxylic acids is 1. The van der Waals surface area contributed by atoms with Crippen molar-refractivity contribution in [1.29, 1.82) is 0 Å². The predicted octanol–water partition coefficient (Wildman–Crippen LogP) is 5.53. The maximum Gasteiger partial charge on any atom is 0.340 e. The molecule has 0 aliphatic rings. The van der Waals surface area contributed by atoms with Crippen molar-refractivity contribution in [2.24, 2.45) is 0 Å². The Bertz CT molecular complexity index is 1210. The Morgan fingerprint density at radius 3 is 2.69 bits per heavy atom. The lowest BCUT2D eigenvalue weighted by molar-refractivity contribution is 0.0175. The SMILES string of the molecule is CCOC(=O)c1cc(C(C)(F)F)cc2ccn(Cc3ccc4cnccc4c3)c12. The van der Waals surface area contributed by atoms with Gasteiger partial charge in [-0.2, -0.15) is 0 Å². The summed E-state index contributed by atoms with van der Waals surface area (Å²) in [6.07, 6.45) is 5.35. The van der Waals surface area contributed by atoms with Crippen LogP contribution in [0.25, 0.3) is 21.7 Å². The van der Waals surface area contributed by atoms with E-state index in [2.05, 4.69) is 11.1 Å². The van der Waals surface area contributed by atoms with Crippen LogP contribution in [-0.2, 0) is 17.2 Å². The average Bonchev–Trinajstić information content (AvgIpc) is 3.09. The van der Waals surface area contributed by atoms with Crippen LogP contribution in [0, 0.1) is 0 Å². The molecule has 2 heterocycles. The van der Waals surface area contributed by atoms with Crippen molar-refractivity contribution in [3.8, 4) is 0 Å². The maximum absolute atomic E-state index is 13.9. The molecule has 4 rings (SSSR count). The highest BCUT2D eigenvalue weighted by molar-refractivity contribution is 6.04. The topological polar surface area (TPSA) is 44.1 Å². The third kappa shape index (κ3) is 3.70. The summed E-state index contributed by atoms with van der Waals surface area (Å²) in [5, 5.41) is 2.68. The van der Waals surface area contributed by atoms with Crippen molar-refractivity contribution in [2.75, 3.05) is 6.61 Å². The van der Waals surface area contributed by atoms with Gasteiger partial charge in [-0.15, -0.1) is 0 Å². The lowest BCUT2D eigenvalue weighted by atomic mass is 10.0. The fraction of sp³-hybridized carbons (Fsp3) is 0.217. The molecule has 0 unspecified atom stereocenters. The van der Waals surface area contributed by atoms with Crippen LogP contribution in [0.1, 0.15) is 35.3 Å². The van der Waals surface area contributed by atoms with Crippen LogP contribution in [0.5, 0.6) is 0 Å². The van der Waals surface area contributed by atoms with E-state index < -0.39 is 11.9 Å². The largest absolute Gasteiger partial charge is 0.462 e. The van der Waals surface area contributed by atoms with Crippen molar-refractivity contribution in [3.05, 3.63) is 77.7 Å². The molecular weight excluding hydrogens is 374 g/mol. The fourth-order valence-corrected chi connectivity index (χ4v) is 3.53. The Kier molecular flexibility index (Phi) is 4.78. The van der Waals surface area contributed by atoms with Gasteiger partial charge < -0.3 is 9.30 Å². The molecule has 4 aromatic rings. The summed E-state index contributed by atoms with van der Waals surface area (Å²) in [7, 11) is 0. The molecule has 0 bridgehead atoms. The third-order valence-corrected chi connectivity index (χ3v) is 4.92. The number of carbonyl (C=O) groups is 1. The highest BCUT2D eigenvalue weighted by Crippen LogP contribution is 2.33. The molecule has 2 aromatic carbocycles. The lowest BCUT2D eigenvalue weighted by Crippen LogP contribution is -2.13. The molecule has 6 heteroatoms. The summed E-state index contributed by atoms with van der Waals surface area (Å²) in [4.78, 5) is 16.6. The monoisotopic (exact) mass is 394 g/mol. The van der Waals surface area contributed by atoms with E-state index in [0.717, 1.165) is 23.3 Å². The Balaban J connectivity index is 1.82. The number of alkyl halides is 2. The molecule has 0 amide bonds. The first-order valence-electron chi connectivity index (χ1n) is 9.38. The maximum atomic E-state index is 13.9. The second-order valence-corrected chi connectivity index (χ2v) is 7.07.